The van der Waals surface area contributed by atoms with Gasteiger partial charge in [-0.25, -0.2) is 0 Å². The Kier molecular flexibility index (Phi) is 5.47. The van der Waals surface area contributed by atoms with Gasteiger partial charge in [0.15, 0.2) is 11.5 Å². The van der Waals surface area contributed by atoms with Crippen LogP contribution in [0.15, 0.2) is 42.6 Å². The van der Waals surface area contributed by atoms with Gasteiger partial charge in [-0.15, -0.1) is 0 Å². The third-order valence-electron chi connectivity index (χ3n) is 5.49. The smallest absolute Gasteiger partial charge is 0.231 e. The molecule has 0 spiro atoms. The Labute approximate surface area is 171 Å². The number of ether oxygens (including phenoxy) is 2. The van der Waals surface area contributed by atoms with Gasteiger partial charge in [0.05, 0.1) is 0 Å². The monoisotopic (exact) mass is 392 g/mol. The summed E-state index contributed by atoms with van der Waals surface area (Å²) in [6, 6.07) is 12.3. The van der Waals surface area contributed by atoms with Crippen LogP contribution in [0.25, 0.3) is 10.9 Å². The molecule has 0 unspecified atom stereocenters. The molecule has 1 atom stereocenters. The number of aromatic nitrogens is 1. The molecule has 1 aliphatic heterocycles. The number of carbonyl (C=O) groups is 1. The van der Waals surface area contributed by atoms with E-state index in [1.165, 1.54) is 5.56 Å². The first-order valence-corrected chi connectivity index (χ1v) is 10.3. The fraction of sp³-hybridized carbons (Fsp3) is 0.375. The molecule has 2 aromatic carbocycles. The molecule has 0 saturated heterocycles. The molecule has 2 heterocycles. The number of benzene rings is 2. The third kappa shape index (κ3) is 3.82. The molecule has 3 aromatic rings. The van der Waals surface area contributed by atoms with E-state index in [0.29, 0.717) is 18.9 Å². The van der Waals surface area contributed by atoms with Crippen LogP contribution in [-0.2, 0) is 11.2 Å². The first-order chi connectivity index (χ1) is 14.1. The van der Waals surface area contributed by atoms with Crippen LogP contribution in [0.4, 0.5) is 0 Å². The first kappa shape index (κ1) is 19.4. The van der Waals surface area contributed by atoms with Crippen molar-refractivity contribution in [2.45, 2.75) is 39.5 Å². The highest BCUT2D eigenvalue weighted by atomic mass is 16.7. The van der Waals surface area contributed by atoms with Crippen LogP contribution in [0.1, 0.15) is 49.8 Å². The summed E-state index contributed by atoms with van der Waals surface area (Å²) in [6.07, 6.45) is 3.35. The molecule has 152 valence electrons. The number of fused-ring (bicyclic) bond motifs is 2. The van der Waals surface area contributed by atoms with Crippen molar-refractivity contribution >= 4 is 16.8 Å². The lowest BCUT2D eigenvalue weighted by Crippen LogP contribution is -2.28. The molecular formula is C24H28N2O3. The molecule has 5 heteroatoms. The van der Waals surface area contributed by atoms with E-state index < -0.39 is 0 Å². The maximum atomic E-state index is 12.8. The van der Waals surface area contributed by atoms with E-state index in [9.17, 15) is 4.79 Å². The number of amides is 1. The van der Waals surface area contributed by atoms with Crippen molar-refractivity contribution < 1.29 is 14.3 Å². The molecule has 0 bridgehead atoms. The molecule has 2 N–H and O–H groups in total. The minimum absolute atomic E-state index is 0.0428. The van der Waals surface area contributed by atoms with Crippen molar-refractivity contribution in [3.63, 3.8) is 0 Å². The number of hydrogen-bond acceptors (Lipinski definition) is 3. The number of rotatable bonds is 7. The number of aromatic amines is 1. The van der Waals surface area contributed by atoms with Crippen molar-refractivity contribution in [3.05, 3.63) is 59.3 Å². The average molecular weight is 392 g/mol. The number of hydrogen-bond donors (Lipinski definition) is 2. The van der Waals surface area contributed by atoms with E-state index in [-0.39, 0.29) is 18.6 Å². The van der Waals surface area contributed by atoms with Crippen LogP contribution >= 0.6 is 0 Å². The van der Waals surface area contributed by atoms with Crippen LogP contribution in [-0.4, -0.2) is 24.2 Å². The Balaban J connectivity index is 1.77. The first-order valence-electron chi connectivity index (χ1n) is 10.3. The van der Waals surface area contributed by atoms with E-state index in [2.05, 4.69) is 49.3 Å². The van der Waals surface area contributed by atoms with Crippen molar-refractivity contribution in [2.24, 2.45) is 5.92 Å². The zero-order valence-electron chi connectivity index (χ0n) is 17.2. The summed E-state index contributed by atoms with van der Waals surface area (Å²) in [5, 5.41) is 4.22. The van der Waals surface area contributed by atoms with Gasteiger partial charge < -0.3 is 19.8 Å². The van der Waals surface area contributed by atoms with Gasteiger partial charge in [-0.2, -0.15) is 0 Å². The quantitative estimate of drug-likeness (QED) is 0.610. The van der Waals surface area contributed by atoms with Crippen LogP contribution in [0.3, 0.4) is 0 Å². The van der Waals surface area contributed by atoms with Crippen LogP contribution < -0.4 is 14.8 Å². The Bertz CT molecular complexity index is 1020. The maximum absolute atomic E-state index is 12.8. The lowest BCUT2D eigenvalue weighted by molar-refractivity contribution is -0.121. The highest BCUT2D eigenvalue weighted by molar-refractivity contribution is 5.88. The van der Waals surface area contributed by atoms with Gasteiger partial charge in [0, 0.05) is 41.5 Å². The largest absolute Gasteiger partial charge is 0.454 e. The number of H-pyrrole nitrogens is 1. The summed E-state index contributed by atoms with van der Waals surface area (Å²) < 4.78 is 11.4. The molecular weight excluding hydrogens is 364 g/mol. The van der Waals surface area contributed by atoms with Crippen LogP contribution in [0.2, 0.25) is 0 Å². The predicted molar refractivity (Wildman–Crippen MR) is 115 cm³/mol. The van der Waals surface area contributed by atoms with Crippen molar-refractivity contribution in [3.8, 4) is 11.5 Å². The van der Waals surface area contributed by atoms with Gasteiger partial charge in [-0.3, -0.25) is 4.79 Å². The van der Waals surface area contributed by atoms with Crippen molar-refractivity contribution in [1.82, 2.24) is 10.3 Å². The molecule has 4 rings (SSSR count). The van der Waals surface area contributed by atoms with E-state index >= 15 is 0 Å². The normalized spacial score (nSPS) is 13.8. The number of carbonyl (C=O) groups excluding carboxylic acids is 1. The molecule has 1 amide bonds. The van der Waals surface area contributed by atoms with Crippen LogP contribution in [0, 0.1) is 5.92 Å². The fourth-order valence-corrected chi connectivity index (χ4v) is 4.01. The topological polar surface area (TPSA) is 63.4 Å². The number of para-hydroxylation sites is 2. The van der Waals surface area contributed by atoms with Crippen molar-refractivity contribution in [1.29, 1.82) is 0 Å². The Morgan fingerprint density at radius 1 is 1.14 bits per heavy atom. The Morgan fingerprint density at radius 2 is 1.97 bits per heavy atom. The summed E-state index contributed by atoms with van der Waals surface area (Å²) in [6.45, 7) is 7.23. The second kappa shape index (κ2) is 8.19. The zero-order chi connectivity index (χ0) is 20.4. The SMILES string of the molecule is CCc1cccc2c([C@@H](CC(=O)NCC(C)C)c3cccc4c3OCO4)c[nH]c12. The van der Waals surface area contributed by atoms with E-state index in [0.717, 1.165) is 39.9 Å². The van der Waals surface area contributed by atoms with Crippen molar-refractivity contribution in [2.75, 3.05) is 13.3 Å². The Hall–Kier alpha value is -2.95. The molecule has 0 saturated carbocycles. The minimum Gasteiger partial charge on any atom is -0.454 e. The molecule has 0 fully saturated rings. The van der Waals surface area contributed by atoms with E-state index in [1.54, 1.807) is 0 Å². The maximum Gasteiger partial charge on any atom is 0.231 e. The van der Waals surface area contributed by atoms with Gasteiger partial charge in [-0.05, 0) is 29.5 Å². The molecule has 1 aromatic heterocycles. The highest BCUT2D eigenvalue weighted by Crippen LogP contribution is 2.44. The molecule has 1 aliphatic rings. The number of nitrogens with one attached hydrogen (secondary N) is 2. The average Bonchev–Trinajstić information content (AvgIpc) is 3.37. The van der Waals surface area contributed by atoms with Gasteiger partial charge in [-0.1, -0.05) is 51.1 Å². The summed E-state index contributed by atoms with van der Waals surface area (Å²) in [5.41, 5.74) is 4.51. The predicted octanol–water partition coefficient (Wildman–Crippen LogP) is 4.75. The zero-order valence-corrected chi connectivity index (χ0v) is 17.2. The summed E-state index contributed by atoms with van der Waals surface area (Å²) in [4.78, 5) is 16.2. The molecule has 29 heavy (non-hydrogen) atoms. The second-order valence-corrected chi connectivity index (χ2v) is 7.97. The molecule has 5 nitrogen and oxygen atoms in total. The van der Waals surface area contributed by atoms with Crippen LogP contribution in [0.5, 0.6) is 11.5 Å². The minimum atomic E-state index is -0.125. The van der Waals surface area contributed by atoms with Gasteiger partial charge in [0.1, 0.15) is 0 Å². The Morgan fingerprint density at radius 3 is 2.76 bits per heavy atom. The number of aryl methyl sites for hydroxylation is 1. The summed E-state index contributed by atoms with van der Waals surface area (Å²) >= 11 is 0. The van der Waals surface area contributed by atoms with E-state index in [1.807, 2.05) is 24.4 Å². The molecule has 0 radical (unpaired) electrons. The van der Waals surface area contributed by atoms with Gasteiger partial charge >= 0.3 is 0 Å². The summed E-state index contributed by atoms with van der Waals surface area (Å²) in [7, 11) is 0. The summed E-state index contributed by atoms with van der Waals surface area (Å²) in [5.74, 6) is 1.82. The lowest BCUT2D eigenvalue weighted by Gasteiger charge is -2.19. The lowest BCUT2D eigenvalue weighted by atomic mass is 9.86. The highest BCUT2D eigenvalue weighted by Gasteiger charge is 2.28. The van der Waals surface area contributed by atoms with Gasteiger partial charge in [0.25, 0.3) is 0 Å². The van der Waals surface area contributed by atoms with E-state index in [4.69, 9.17) is 9.47 Å². The third-order valence-corrected chi connectivity index (χ3v) is 5.49. The standard InChI is InChI=1S/C24H28N2O3/c1-4-16-7-5-8-17-20(13-26-23(16)17)19(11-22(27)25-12-15(2)3)18-9-6-10-21-24(18)29-14-28-21/h5-10,13,15,19,26H,4,11-12,14H2,1-3H3,(H,25,27)/t19-/m0/s1. The molecule has 0 aliphatic carbocycles. The fourth-order valence-electron chi connectivity index (χ4n) is 4.01. The second-order valence-electron chi connectivity index (χ2n) is 7.97. The van der Waals surface area contributed by atoms with Gasteiger partial charge in [0.2, 0.25) is 12.7 Å².